The molecular formula is C25H21N3O6S. The normalized spacial score (nSPS) is 11.6. The molecule has 0 radical (unpaired) electrons. The minimum absolute atomic E-state index is 0.116. The lowest BCUT2D eigenvalue weighted by molar-refractivity contribution is -0.123. The maximum atomic E-state index is 12.9. The highest BCUT2D eigenvalue weighted by Gasteiger charge is 2.26. The number of hydrogen-bond donors (Lipinski definition) is 2. The molecule has 0 saturated carbocycles. The fourth-order valence-corrected chi connectivity index (χ4v) is 4.40. The third kappa shape index (κ3) is 4.97. The summed E-state index contributed by atoms with van der Waals surface area (Å²) in [5, 5.41) is 11.3. The maximum absolute atomic E-state index is 12.9. The number of nitrogens with zero attached hydrogens (tertiary/aromatic N) is 1. The van der Waals surface area contributed by atoms with Crippen molar-refractivity contribution < 1.29 is 23.9 Å². The smallest absolute Gasteiger partial charge is 0.360 e. The first-order valence-corrected chi connectivity index (χ1v) is 11.6. The number of rotatable bonds is 7. The Morgan fingerprint density at radius 3 is 2.43 bits per heavy atom. The van der Waals surface area contributed by atoms with Gasteiger partial charge in [-0.2, -0.15) is 5.10 Å². The number of hydrogen-bond acceptors (Lipinski definition) is 8. The highest BCUT2D eigenvalue weighted by Crippen LogP contribution is 2.36. The summed E-state index contributed by atoms with van der Waals surface area (Å²) in [7, 11) is 0. The van der Waals surface area contributed by atoms with E-state index in [0.29, 0.717) is 10.9 Å². The van der Waals surface area contributed by atoms with Crippen LogP contribution >= 0.6 is 11.3 Å². The molecule has 0 saturated heterocycles. The van der Waals surface area contributed by atoms with Crippen molar-refractivity contribution in [2.45, 2.75) is 20.0 Å². The van der Waals surface area contributed by atoms with Crippen molar-refractivity contribution in [2.75, 3.05) is 11.9 Å². The van der Waals surface area contributed by atoms with Crippen LogP contribution in [0.5, 0.6) is 0 Å². The molecule has 2 heterocycles. The van der Waals surface area contributed by atoms with Crippen molar-refractivity contribution in [3.63, 3.8) is 0 Å². The quantitative estimate of drug-likeness (QED) is 0.374. The molecule has 35 heavy (non-hydrogen) atoms. The summed E-state index contributed by atoms with van der Waals surface area (Å²) in [6.07, 6.45) is -1.22. The average Bonchev–Trinajstić information content (AvgIpc) is 3.28. The first kappa shape index (κ1) is 23.8. The van der Waals surface area contributed by atoms with E-state index in [0.717, 1.165) is 16.9 Å². The number of thiophene rings is 1. The average molecular weight is 492 g/mol. The standard InChI is InChI=1S/C25H21N3O6S/c1-3-33-24(31)19-18(15-9-5-4-6-10-15)13-35-23(19)26-21(29)14(2)34-25(32)20-16-11-7-8-12-17(16)22(30)28-27-20/h4-14H,3H2,1-2H3,(H,26,29)(H,28,30). The van der Waals surface area contributed by atoms with Gasteiger partial charge in [0.05, 0.1) is 12.0 Å². The van der Waals surface area contributed by atoms with E-state index >= 15 is 0 Å². The van der Waals surface area contributed by atoms with Crippen molar-refractivity contribution in [1.29, 1.82) is 0 Å². The van der Waals surface area contributed by atoms with E-state index in [1.54, 1.807) is 36.6 Å². The van der Waals surface area contributed by atoms with Crippen LogP contribution in [-0.2, 0) is 14.3 Å². The number of carbonyl (C=O) groups excluding carboxylic acids is 3. The number of carbonyl (C=O) groups is 3. The second kappa shape index (κ2) is 10.3. The first-order chi connectivity index (χ1) is 16.9. The molecule has 178 valence electrons. The summed E-state index contributed by atoms with van der Waals surface area (Å²) in [5.74, 6) is -2.09. The van der Waals surface area contributed by atoms with E-state index in [9.17, 15) is 19.2 Å². The summed E-state index contributed by atoms with van der Waals surface area (Å²) in [4.78, 5) is 50.2. The van der Waals surface area contributed by atoms with Gasteiger partial charge in [-0.1, -0.05) is 48.5 Å². The van der Waals surface area contributed by atoms with Gasteiger partial charge in [-0.15, -0.1) is 11.3 Å². The molecule has 1 atom stereocenters. The number of nitrogens with one attached hydrogen (secondary N) is 2. The fourth-order valence-electron chi connectivity index (χ4n) is 3.44. The van der Waals surface area contributed by atoms with Crippen LogP contribution in [0.25, 0.3) is 21.9 Å². The minimum atomic E-state index is -1.22. The number of fused-ring (bicyclic) bond motifs is 1. The molecule has 0 aliphatic heterocycles. The van der Waals surface area contributed by atoms with Gasteiger partial charge in [-0.3, -0.25) is 9.59 Å². The van der Waals surface area contributed by atoms with Crippen LogP contribution in [0.2, 0.25) is 0 Å². The van der Waals surface area contributed by atoms with Gasteiger partial charge >= 0.3 is 11.9 Å². The molecule has 0 spiro atoms. The van der Waals surface area contributed by atoms with Gasteiger partial charge in [0, 0.05) is 16.3 Å². The van der Waals surface area contributed by atoms with E-state index in [-0.39, 0.29) is 28.3 Å². The maximum Gasteiger partial charge on any atom is 0.360 e. The Kier molecular flexibility index (Phi) is 7.02. The summed E-state index contributed by atoms with van der Waals surface area (Å²) in [5.41, 5.74) is 1.08. The Labute approximate surface area is 203 Å². The zero-order valence-electron chi connectivity index (χ0n) is 18.9. The van der Waals surface area contributed by atoms with E-state index in [2.05, 4.69) is 15.5 Å². The lowest BCUT2D eigenvalue weighted by Crippen LogP contribution is -2.31. The van der Waals surface area contributed by atoms with Gasteiger partial charge in [0.25, 0.3) is 11.5 Å². The second-order valence-corrected chi connectivity index (χ2v) is 8.30. The number of anilines is 1. The van der Waals surface area contributed by atoms with E-state index < -0.39 is 29.5 Å². The van der Waals surface area contributed by atoms with Crippen LogP contribution in [0.1, 0.15) is 34.7 Å². The van der Waals surface area contributed by atoms with Crippen LogP contribution in [0.15, 0.2) is 64.8 Å². The SMILES string of the molecule is CCOC(=O)c1c(-c2ccccc2)csc1NC(=O)C(C)OC(=O)c1n[nH]c(=O)c2ccccc12. The number of H-pyrrole nitrogens is 1. The van der Waals surface area contributed by atoms with Crippen LogP contribution in [0.4, 0.5) is 5.00 Å². The Morgan fingerprint density at radius 2 is 1.71 bits per heavy atom. The fraction of sp³-hybridized carbons (Fsp3) is 0.160. The van der Waals surface area contributed by atoms with Crippen LogP contribution in [0, 0.1) is 0 Å². The van der Waals surface area contributed by atoms with Crippen molar-refractivity contribution in [1.82, 2.24) is 10.2 Å². The monoisotopic (exact) mass is 491 g/mol. The molecule has 0 bridgehead atoms. The molecule has 9 nitrogen and oxygen atoms in total. The predicted octanol–water partition coefficient (Wildman–Crippen LogP) is 4.01. The highest BCUT2D eigenvalue weighted by atomic mass is 32.1. The van der Waals surface area contributed by atoms with Crippen molar-refractivity contribution in [2.24, 2.45) is 0 Å². The topological polar surface area (TPSA) is 127 Å². The number of amides is 1. The van der Waals surface area contributed by atoms with Gasteiger partial charge in [0.15, 0.2) is 11.8 Å². The van der Waals surface area contributed by atoms with Gasteiger partial charge < -0.3 is 14.8 Å². The number of aromatic nitrogens is 2. The van der Waals surface area contributed by atoms with Gasteiger partial charge in [-0.25, -0.2) is 14.7 Å². The molecule has 2 aromatic carbocycles. The van der Waals surface area contributed by atoms with Crippen molar-refractivity contribution in [3.8, 4) is 11.1 Å². The molecular weight excluding hydrogens is 470 g/mol. The lowest BCUT2D eigenvalue weighted by atomic mass is 10.0. The largest absolute Gasteiger partial charge is 0.462 e. The molecule has 0 fully saturated rings. The zero-order valence-corrected chi connectivity index (χ0v) is 19.7. The Hall–Kier alpha value is -4.31. The van der Waals surface area contributed by atoms with Gasteiger partial charge in [0.1, 0.15) is 10.6 Å². The zero-order chi connectivity index (χ0) is 24.9. The molecule has 10 heteroatoms. The summed E-state index contributed by atoms with van der Waals surface area (Å²) < 4.78 is 10.5. The minimum Gasteiger partial charge on any atom is -0.462 e. The van der Waals surface area contributed by atoms with Crippen molar-refractivity contribution in [3.05, 3.63) is 81.6 Å². The molecule has 2 aromatic heterocycles. The molecule has 2 N–H and O–H groups in total. The molecule has 4 aromatic rings. The highest BCUT2D eigenvalue weighted by molar-refractivity contribution is 7.15. The van der Waals surface area contributed by atoms with E-state index in [4.69, 9.17) is 9.47 Å². The predicted molar refractivity (Wildman–Crippen MR) is 132 cm³/mol. The van der Waals surface area contributed by atoms with Crippen LogP contribution in [0.3, 0.4) is 0 Å². The number of aromatic amines is 1. The summed E-state index contributed by atoms with van der Waals surface area (Å²) in [6.45, 7) is 3.27. The first-order valence-electron chi connectivity index (χ1n) is 10.7. The number of esters is 2. The lowest BCUT2D eigenvalue weighted by Gasteiger charge is -2.14. The van der Waals surface area contributed by atoms with Crippen LogP contribution < -0.4 is 10.9 Å². The van der Waals surface area contributed by atoms with Gasteiger partial charge in [-0.05, 0) is 25.5 Å². The third-order valence-electron chi connectivity index (χ3n) is 5.13. The number of ether oxygens (including phenoxy) is 2. The van der Waals surface area contributed by atoms with Crippen LogP contribution in [-0.4, -0.2) is 40.8 Å². The summed E-state index contributed by atoms with van der Waals surface area (Å²) >= 11 is 1.16. The Morgan fingerprint density at radius 1 is 1.03 bits per heavy atom. The molecule has 0 aliphatic carbocycles. The Bertz CT molecular complexity index is 1460. The summed E-state index contributed by atoms with van der Waals surface area (Å²) in [6, 6.07) is 15.7. The third-order valence-corrected chi connectivity index (χ3v) is 6.03. The molecule has 1 amide bonds. The number of benzene rings is 2. The molecule has 1 unspecified atom stereocenters. The second-order valence-electron chi connectivity index (χ2n) is 7.42. The molecule has 4 rings (SSSR count). The Balaban J connectivity index is 1.56. The molecule has 0 aliphatic rings. The van der Waals surface area contributed by atoms with Gasteiger partial charge in [0.2, 0.25) is 0 Å². The van der Waals surface area contributed by atoms with E-state index in [1.165, 1.54) is 6.92 Å². The van der Waals surface area contributed by atoms with E-state index in [1.807, 2.05) is 30.3 Å². The van der Waals surface area contributed by atoms with Crippen molar-refractivity contribution >= 4 is 45.0 Å².